The number of morpholine rings is 1. The summed E-state index contributed by atoms with van der Waals surface area (Å²) in [7, 11) is 0. The third-order valence-corrected chi connectivity index (χ3v) is 5.15. The molecule has 0 saturated carbocycles. The van der Waals surface area contributed by atoms with Crippen molar-refractivity contribution in [2.24, 2.45) is 0 Å². The van der Waals surface area contributed by atoms with E-state index < -0.39 is 0 Å². The van der Waals surface area contributed by atoms with E-state index in [-0.39, 0.29) is 5.91 Å². The van der Waals surface area contributed by atoms with E-state index in [0.29, 0.717) is 25.4 Å². The Labute approximate surface area is 154 Å². The average Bonchev–Trinajstić information content (AvgIpc) is 3.00. The Bertz CT molecular complexity index is 780. The Balaban J connectivity index is 1.55. The van der Waals surface area contributed by atoms with Crippen LogP contribution in [0.3, 0.4) is 0 Å². The maximum atomic E-state index is 12.3. The van der Waals surface area contributed by atoms with Gasteiger partial charge in [0.1, 0.15) is 0 Å². The minimum Gasteiger partial charge on any atom is -0.379 e. The van der Waals surface area contributed by atoms with Crippen LogP contribution in [0.25, 0.3) is 5.65 Å². The molecule has 2 aromatic rings. The van der Waals surface area contributed by atoms with Gasteiger partial charge in [0.05, 0.1) is 18.9 Å². The van der Waals surface area contributed by atoms with Crippen molar-refractivity contribution in [1.82, 2.24) is 24.8 Å². The molecular formula is C19H29N5O2. The number of fused-ring (bicyclic) bond motifs is 1. The lowest BCUT2D eigenvalue weighted by Gasteiger charge is -2.32. The quantitative estimate of drug-likeness (QED) is 0.845. The summed E-state index contributed by atoms with van der Waals surface area (Å²) in [5.74, 6) is 0.0839. The molecule has 1 saturated heterocycles. The second-order valence-corrected chi connectivity index (χ2v) is 7.12. The van der Waals surface area contributed by atoms with E-state index >= 15 is 0 Å². The molecule has 0 radical (unpaired) electrons. The lowest BCUT2D eigenvalue weighted by Crippen LogP contribution is -2.47. The van der Waals surface area contributed by atoms with Crippen LogP contribution in [0.2, 0.25) is 0 Å². The highest BCUT2D eigenvalue weighted by atomic mass is 16.5. The SMILES string of the molecule is Cc1cc2nc(C)c(CCC(=O)NC[C@H](C)N3CCOCC3)c(C)n2n1. The molecule has 1 fully saturated rings. The summed E-state index contributed by atoms with van der Waals surface area (Å²) >= 11 is 0. The normalized spacial score (nSPS) is 16.8. The highest BCUT2D eigenvalue weighted by Crippen LogP contribution is 2.17. The second-order valence-electron chi connectivity index (χ2n) is 7.12. The van der Waals surface area contributed by atoms with Crippen molar-refractivity contribution in [3.05, 3.63) is 28.7 Å². The summed E-state index contributed by atoms with van der Waals surface area (Å²) < 4.78 is 7.25. The van der Waals surface area contributed by atoms with Gasteiger partial charge in [0.2, 0.25) is 5.91 Å². The number of hydrogen-bond acceptors (Lipinski definition) is 5. The van der Waals surface area contributed by atoms with E-state index in [4.69, 9.17) is 4.74 Å². The van der Waals surface area contributed by atoms with Crippen LogP contribution in [0.15, 0.2) is 6.07 Å². The largest absolute Gasteiger partial charge is 0.379 e. The van der Waals surface area contributed by atoms with Crippen molar-refractivity contribution in [1.29, 1.82) is 0 Å². The lowest BCUT2D eigenvalue weighted by atomic mass is 10.1. The zero-order valence-electron chi connectivity index (χ0n) is 16.2. The van der Waals surface area contributed by atoms with E-state index in [9.17, 15) is 4.79 Å². The van der Waals surface area contributed by atoms with E-state index in [2.05, 4.69) is 27.2 Å². The summed E-state index contributed by atoms with van der Waals surface area (Å²) in [6.45, 7) is 12.3. The molecule has 2 aromatic heterocycles. The van der Waals surface area contributed by atoms with Crippen molar-refractivity contribution in [3.63, 3.8) is 0 Å². The fraction of sp³-hybridized carbons (Fsp3) is 0.632. The van der Waals surface area contributed by atoms with Gasteiger partial charge in [0, 0.05) is 49.6 Å². The number of nitrogens with one attached hydrogen (secondary N) is 1. The molecule has 7 nitrogen and oxygen atoms in total. The molecule has 1 aliphatic rings. The van der Waals surface area contributed by atoms with Gasteiger partial charge in [0.25, 0.3) is 0 Å². The predicted molar refractivity (Wildman–Crippen MR) is 100 cm³/mol. The molecule has 0 unspecified atom stereocenters. The van der Waals surface area contributed by atoms with Gasteiger partial charge in [-0.1, -0.05) is 0 Å². The summed E-state index contributed by atoms with van der Waals surface area (Å²) in [5, 5.41) is 7.56. The number of carbonyl (C=O) groups is 1. The number of aryl methyl sites for hydroxylation is 3. The summed E-state index contributed by atoms with van der Waals surface area (Å²) in [5.41, 5.74) is 4.97. The van der Waals surface area contributed by atoms with Gasteiger partial charge >= 0.3 is 0 Å². The Hall–Kier alpha value is -1.99. The van der Waals surface area contributed by atoms with Crippen LogP contribution in [-0.2, 0) is 16.0 Å². The molecule has 1 aliphatic heterocycles. The molecule has 0 spiro atoms. The summed E-state index contributed by atoms with van der Waals surface area (Å²) in [6.07, 6.45) is 1.14. The van der Waals surface area contributed by atoms with Crippen LogP contribution >= 0.6 is 0 Å². The standard InChI is InChI=1S/C19H29N5O2/c1-13-11-18-21-15(3)17(16(4)24(18)22-13)5-6-19(25)20-12-14(2)23-7-9-26-10-8-23/h11,14H,5-10,12H2,1-4H3,(H,20,25)/t14-/m0/s1. The first-order valence-corrected chi connectivity index (χ1v) is 9.36. The maximum absolute atomic E-state index is 12.3. The minimum absolute atomic E-state index is 0.0839. The fourth-order valence-electron chi connectivity index (χ4n) is 3.54. The first-order valence-electron chi connectivity index (χ1n) is 9.36. The Morgan fingerprint density at radius 1 is 1.31 bits per heavy atom. The Morgan fingerprint density at radius 3 is 2.77 bits per heavy atom. The van der Waals surface area contributed by atoms with Crippen molar-refractivity contribution in [2.45, 2.75) is 46.6 Å². The fourth-order valence-corrected chi connectivity index (χ4v) is 3.54. The molecule has 1 amide bonds. The molecule has 0 bridgehead atoms. The molecule has 1 N–H and O–H groups in total. The van der Waals surface area contributed by atoms with Crippen molar-refractivity contribution < 1.29 is 9.53 Å². The van der Waals surface area contributed by atoms with Crippen LogP contribution in [-0.4, -0.2) is 64.3 Å². The van der Waals surface area contributed by atoms with Gasteiger partial charge in [-0.3, -0.25) is 9.69 Å². The molecule has 1 atom stereocenters. The van der Waals surface area contributed by atoms with Crippen molar-refractivity contribution >= 4 is 11.6 Å². The van der Waals surface area contributed by atoms with E-state index in [1.807, 2.05) is 31.4 Å². The highest BCUT2D eigenvalue weighted by Gasteiger charge is 2.18. The molecule has 7 heteroatoms. The number of nitrogens with zero attached hydrogens (tertiary/aromatic N) is 4. The van der Waals surface area contributed by atoms with Crippen molar-refractivity contribution in [3.8, 4) is 0 Å². The second kappa shape index (κ2) is 8.14. The number of aromatic nitrogens is 3. The smallest absolute Gasteiger partial charge is 0.220 e. The minimum atomic E-state index is 0.0839. The monoisotopic (exact) mass is 359 g/mol. The van der Waals surface area contributed by atoms with Crippen molar-refractivity contribution in [2.75, 3.05) is 32.8 Å². The molecule has 3 rings (SSSR count). The van der Waals surface area contributed by atoms with Gasteiger partial charge in [0.15, 0.2) is 5.65 Å². The average molecular weight is 359 g/mol. The molecule has 0 aromatic carbocycles. The number of amides is 1. The van der Waals surface area contributed by atoms with E-state index in [0.717, 1.165) is 54.6 Å². The maximum Gasteiger partial charge on any atom is 0.220 e. The number of carbonyl (C=O) groups excluding carboxylic acids is 1. The van der Waals surface area contributed by atoms with Gasteiger partial charge in [-0.15, -0.1) is 0 Å². The third kappa shape index (κ3) is 4.22. The molecule has 3 heterocycles. The first-order chi connectivity index (χ1) is 12.5. The highest BCUT2D eigenvalue weighted by molar-refractivity contribution is 5.76. The summed E-state index contributed by atoms with van der Waals surface area (Å²) in [4.78, 5) is 19.3. The molecule has 26 heavy (non-hydrogen) atoms. The van der Waals surface area contributed by atoms with Crippen LogP contribution < -0.4 is 5.32 Å². The Kier molecular flexibility index (Phi) is 5.88. The van der Waals surface area contributed by atoms with Gasteiger partial charge in [-0.2, -0.15) is 5.10 Å². The molecular weight excluding hydrogens is 330 g/mol. The van der Waals surface area contributed by atoms with Gasteiger partial charge in [-0.05, 0) is 39.7 Å². The lowest BCUT2D eigenvalue weighted by molar-refractivity contribution is -0.121. The number of rotatable bonds is 6. The van der Waals surface area contributed by atoms with Crippen LogP contribution in [0.4, 0.5) is 0 Å². The first kappa shape index (κ1) is 18.8. The zero-order valence-corrected chi connectivity index (χ0v) is 16.2. The predicted octanol–water partition coefficient (Wildman–Crippen LogP) is 1.42. The van der Waals surface area contributed by atoms with E-state index in [1.165, 1.54) is 0 Å². The van der Waals surface area contributed by atoms with Gasteiger partial charge in [-0.25, -0.2) is 9.50 Å². The molecule has 142 valence electrons. The van der Waals surface area contributed by atoms with Crippen LogP contribution in [0, 0.1) is 20.8 Å². The number of ether oxygens (including phenoxy) is 1. The van der Waals surface area contributed by atoms with Gasteiger partial charge < -0.3 is 10.1 Å². The topological polar surface area (TPSA) is 71.8 Å². The Morgan fingerprint density at radius 2 is 2.04 bits per heavy atom. The van der Waals surface area contributed by atoms with E-state index in [1.54, 1.807) is 0 Å². The van der Waals surface area contributed by atoms with Crippen LogP contribution in [0.1, 0.15) is 36.0 Å². The third-order valence-electron chi connectivity index (χ3n) is 5.15. The molecule has 0 aliphatic carbocycles. The van der Waals surface area contributed by atoms with Crippen LogP contribution in [0.5, 0.6) is 0 Å². The number of hydrogen-bond donors (Lipinski definition) is 1. The zero-order chi connectivity index (χ0) is 18.7. The summed E-state index contributed by atoms with van der Waals surface area (Å²) in [6, 6.07) is 2.31.